The second-order valence-corrected chi connectivity index (χ2v) is 6.71. The number of nitrogens with zero attached hydrogens (tertiary/aromatic N) is 3. The van der Waals surface area contributed by atoms with Crippen molar-refractivity contribution in [2.24, 2.45) is 11.7 Å². The highest BCUT2D eigenvalue weighted by molar-refractivity contribution is 5.91. The molecule has 1 aromatic heterocycles. The predicted molar refractivity (Wildman–Crippen MR) is 101 cm³/mol. The molecule has 7 heteroatoms. The lowest BCUT2D eigenvalue weighted by Crippen LogP contribution is -2.39. The molecule has 27 heavy (non-hydrogen) atoms. The van der Waals surface area contributed by atoms with Crippen LogP contribution in [0.2, 0.25) is 0 Å². The zero-order valence-electron chi connectivity index (χ0n) is 14.6. The third kappa shape index (κ3) is 3.28. The number of aromatic hydroxyl groups is 1. The molecule has 1 saturated heterocycles. The number of halogens is 1. The van der Waals surface area contributed by atoms with Crippen molar-refractivity contribution in [3.8, 4) is 17.1 Å². The van der Waals surface area contributed by atoms with Gasteiger partial charge in [-0.1, -0.05) is 12.1 Å². The molecule has 3 aromatic rings. The number of primary amides is 1. The molecule has 0 saturated carbocycles. The Hall–Kier alpha value is -3.22. The van der Waals surface area contributed by atoms with Gasteiger partial charge >= 0.3 is 0 Å². The average molecular weight is 366 g/mol. The minimum Gasteiger partial charge on any atom is -0.507 e. The Morgan fingerprint density at radius 3 is 2.59 bits per heavy atom. The van der Waals surface area contributed by atoms with Crippen LogP contribution in [-0.4, -0.2) is 34.1 Å². The van der Waals surface area contributed by atoms with Crippen molar-refractivity contribution >= 4 is 22.6 Å². The van der Waals surface area contributed by atoms with Crippen molar-refractivity contribution < 1.29 is 14.3 Å². The van der Waals surface area contributed by atoms with Crippen LogP contribution in [0, 0.1) is 11.7 Å². The van der Waals surface area contributed by atoms with Crippen LogP contribution >= 0.6 is 0 Å². The van der Waals surface area contributed by atoms with Gasteiger partial charge in [-0.15, -0.1) is 0 Å². The SMILES string of the molecule is NC(=O)C1CCN(c2nc(-c3ccccc3O)nc3ccc(F)cc23)CC1. The van der Waals surface area contributed by atoms with Gasteiger partial charge in [-0.25, -0.2) is 14.4 Å². The van der Waals surface area contributed by atoms with Crippen molar-refractivity contribution in [2.75, 3.05) is 18.0 Å². The number of aromatic nitrogens is 2. The quantitative estimate of drug-likeness (QED) is 0.744. The fourth-order valence-corrected chi connectivity index (χ4v) is 3.48. The number of para-hydroxylation sites is 1. The normalized spacial score (nSPS) is 15.2. The summed E-state index contributed by atoms with van der Waals surface area (Å²) < 4.78 is 13.9. The molecule has 1 aliphatic rings. The lowest BCUT2D eigenvalue weighted by atomic mass is 9.96. The Kier molecular flexibility index (Phi) is 4.35. The van der Waals surface area contributed by atoms with Gasteiger partial charge in [0.05, 0.1) is 11.1 Å². The Balaban J connectivity index is 1.82. The van der Waals surface area contributed by atoms with Crippen LogP contribution < -0.4 is 10.6 Å². The lowest BCUT2D eigenvalue weighted by molar-refractivity contribution is -0.122. The maximum Gasteiger partial charge on any atom is 0.220 e. The molecule has 6 nitrogen and oxygen atoms in total. The summed E-state index contributed by atoms with van der Waals surface area (Å²) in [7, 11) is 0. The summed E-state index contributed by atoms with van der Waals surface area (Å²) in [5.74, 6) is 0.249. The van der Waals surface area contributed by atoms with Crippen LogP contribution in [0.1, 0.15) is 12.8 Å². The summed E-state index contributed by atoms with van der Waals surface area (Å²) >= 11 is 0. The van der Waals surface area contributed by atoms with Crippen LogP contribution in [0.4, 0.5) is 10.2 Å². The molecule has 1 fully saturated rings. The van der Waals surface area contributed by atoms with Gasteiger partial charge in [0.2, 0.25) is 5.91 Å². The molecule has 0 unspecified atom stereocenters. The molecule has 0 atom stereocenters. The first kappa shape index (κ1) is 17.2. The maximum absolute atomic E-state index is 13.9. The van der Waals surface area contributed by atoms with E-state index in [0.717, 1.165) is 0 Å². The van der Waals surface area contributed by atoms with Crippen LogP contribution in [0.25, 0.3) is 22.3 Å². The number of fused-ring (bicyclic) bond motifs is 1. The Morgan fingerprint density at radius 1 is 1.15 bits per heavy atom. The molecule has 0 bridgehead atoms. The first-order valence-corrected chi connectivity index (χ1v) is 8.83. The number of rotatable bonds is 3. The molecule has 0 aliphatic carbocycles. The molecule has 1 amide bonds. The summed E-state index contributed by atoms with van der Waals surface area (Å²) in [6.07, 6.45) is 1.25. The molecule has 0 radical (unpaired) electrons. The van der Waals surface area contributed by atoms with Gasteiger partial charge < -0.3 is 15.7 Å². The number of hydrogen-bond acceptors (Lipinski definition) is 5. The Labute approximate surface area is 155 Å². The van der Waals surface area contributed by atoms with E-state index in [0.29, 0.717) is 54.0 Å². The van der Waals surface area contributed by atoms with Gasteiger partial charge in [0.15, 0.2) is 5.82 Å². The number of hydrogen-bond donors (Lipinski definition) is 2. The minimum absolute atomic E-state index is 0.0809. The third-order valence-corrected chi connectivity index (χ3v) is 4.98. The predicted octanol–water partition coefficient (Wildman–Crippen LogP) is 2.84. The number of carbonyl (C=O) groups is 1. The van der Waals surface area contributed by atoms with Crippen LogP contribution in [0.15, 0.2) is 42.5 Å². The minimum atomic E-state index is -0.366. The summed E-state index contributed by atoms with van der Waals surface area (Å²) in [4.78, 5) is 22.6. The van der Waals surface area contributed by atoms with Gasteiger partial charge in [-0.05, 0) is 43.2 Å². The van der Waals surface area contributed by atoms with Crippen molar-refractivity contribution in [2.45, 2.75) is 12.8 Å². The van der Waals surface area contributed by atoms with E-state index in [1.807, 2.05) is 4.90 Å². The molecular formula is C20H19FN4O2. The summed E-state index contributed by atoms with van der Waals surface area (Å²) in [6.45, 7) is 1.19. The van der Waals surface area contributed by atoms with Crippen LogP contribution in [0.3, 0.4) is 0 Å². The lowest BCUT2D eigenvalue weighted by Gasteiger charge is -2.32. The molecule has 1 aliphatic heterocycles. The van der Waals surface area contributed by atoms with E-state index in [2.05, 4.69) is 9.97 Å². The van der Waals surface area contributed by atoms with E-state index in [9.17, 15) is 14.3 Å². The van der Waals surface area contributed by atoms with Crippen LogP contribution in [0.5, 0.6) is 5.75 Å². The van der Waals surface area contributed by atoms with E-state index < -0.39 is 0 Å². The number of phenols is 1. The van der Waals surface area contributed by atoms with Crippen molar-refractivity contribution in [1.29, 1.82) is 0 Å². The second kappa shape index (κ2) is 6.83. The van der Waals surface area contributed by atoms with E-state index in [-0.39, 0.29) is 23.4 Å². The number of anilines is 1. The first-order valence-electron chi connectivity index (χ1n) is 8.83. The molecule has 3 N–H and O–H groups in total. The standard InChI is InChI=1S/C20H19FN4O2/c21-13-5-6-16-15(11-13)20(25-9-7-12(8-10-25)18(22)27)24-19(23-16)14-3-1-2-4-17(14)26/h1-6,11-12,26H,7-10H2,(H2,22,27). The highest BCUT2D eigenvalue weighted by Gasteiger charge is 2.26. The largest absolute Gasteiger partial charge is 0.507 e. The molecule has 2 aromatic carbocycles. The van der Waals surface area contributed by atoms with Crippen molar-refractivity contribution in [3.05, 3.63) is 48.3 Å². The zero-order chi connectivity index (χ0) is 19.0. The molecule has 4 rings (SSSR count). The van der Waals surface area contributed by atoms with E-state index >= 15 is 0 Å². The number of phenolic OH excluding ortho intramolecular Hbond substituents is 1. The highest BCUT2D eigenvalue weighted by atomic mass is 19.1. The summed E-state index contributed by atoms with van der Waals surface area (Å²) in [5.41, 5.74) is 6.52. The van der Waals surface area contributed by atoms with E-state index in [4.69, 9.17) is 5.73 Å². The van der Waals surface area contributed by atoms with Gasteiger partial charge in [-0.2, -0.15) is 0 Å². The summed E-state index contributed by atoms with van der Waals surface area (Å²) in [6, 6.07) is 11.2. The second-order valence-electron chi connectivity index (χ2n) is 6.71. The fourth-order valence-electron chi connectivity index (χ4n) is 3.48. The molecular weight excluding hydrogens is 347 g/mol. The Morgan fingerprint density at radius 2 is 1.89 bits per heavy atom. The highest BCUT2D eigenvalue weighted by Crippen LogP contribution is 2.33. The number of amides is 1. The summed E-state index contributed by atoms with van der Waals surface area (Å²) in [5, 5.41) is 10.8. The number of benzene rings is 2. The average Bonchev–Trinajstić information content (AvgIpc) is 2.68. The molecule has 2 heterocycles. The zero-order valence-corrected chi connectivity index (χ0v) is 14.6. The van der Waals surface area contributed by atoms with Crippen molar-refractivity contribution in [1.82, 2.24) is 9.97 Å². The fraction of sp³-hybridized carbons (Fsp3) is 0.250. The van der Waals surface area contributed by atoms with E-state index in [1.54, 1.807) is 30.3 Å². The van der Waals surface area contributed by atoms with Crippen LogP contribution in [-0.2, 0) is 4.79 Å². The van der Waals surface area contributed by atoms with Gasteiger partial charge in [0, 0.05) is 24.4 Å². The van der Waals surface area contributed by atoms with E-state index in [1.165, 1.54) is 12.1 Å². The molecule has 0 spiro atoms. The smallest absolute Gasteiger partial charge is 0.220 e. The third-order valence-electron chi connectivity index (χ3n) is 4.98. The van der Waals surface area contributed by atoms with Crippen molar-refractivity contribution in [3.63, 3.8) is 0 Å². The maximum atomic E-state index is 13.9. The van der Waals surface area contributed by atoms with Gasteiger partial charge in [-0.3, -0.25) is 4.79 Å². The van der Waals surface area contributed by atoms with Gasteiger partial charge in [0.25, 0.3) is 0 Å². The number of carbonyl (C=O) groups excluding carboxylic acids is 1. The number of piperidine rings is 1. The first-order chi connectivity index (χ1) is 13.0. The number of nitrogens with two attached hydrogens (primary N) is 1. The van der Waals surface area contributed by atoms with Gasteiger partial charge in [0.1, 0.15) is 17.4 Å². The monoisotopic (exact) mass is 366 g/mol. The molecule has 138 valence electrons. The topological polar surface area (TPSA) is 92.3 Å². The Bertz CT molecular complexity index is 1020.